The van der Waals surface area contributed by atoms with Crippen molar-refractivity contribution in [3.8, 4) is 12.3 Å². The van der Waals surface area contributed by atoms with Gasteiger partial charge in [0.1, 0.15) is 5.76 Å². The zero-order chi connectivity index (χ0) is 7.82. The SMILES string of the molecule is C#C/C=C(\CCCC)OC. The Labute approximate surface area is 63.1 Å². The molecule has 0 saturated heterocycles. The Kier molecular flexibility index (Phi) is 5.66. The van der Waals surface area contributed by atoms with Gasteiger partial charge in [-0.15, -0.1) is 6.42 Å². The maximum atomic E-state index is 5.07. The van der Waals surface area contributed by atoms with Gasteiger partial charge in [-0.2, -0.15) is 0 Å². The van der Waals surface area contributed by atoms with Crippen LogP contribution >= 0.6 is 0 Å². The van der Waals surface area contributed by atoms with Crippen molar-refractivity contribution >= 4 is 0 Å². The molecule has 0 unspecified atom stereocenters. The van der Waals surface area contributed by atoms with Crippen molar-refractivity contribution in [3.05, 3.63) is 11.8 Å². The van der Waals surface area contributed by atoms with Crippen molar-refractivity contribution in [2.24, 2.45) is 0 Å². The molecule has 0 amide bonds. The molecule has 0 rings (SSSR count). The van der Waals surface area contributed by atoms with Gasteiger partial charge in [-0.25, -0.2) is 0 Å². The molecular formula is C9H14O. The van der Waals surface area contributed by atoms with E-state index >= 15 is 0 Å². The van der Waals surface area contributed by atoms with Crippen LogP contribution in [-0.4, -0.2) is 7.11 Å². The summed E-state index contributed by atoms with van der Waals surface area (Å²) in [5, 5.41) is 0. The molecule has 0 aromatic carbocycles. The van der Waals surface area contributed by atoms with E-state index in [0.29, 0.717) is 0 Å². The summed E-state index contributed by atoms with van der Waals surface area (Å²) < 4.78 is 5.01. The molecule has 10 heavy (non-hydrogen) atoms. The van der Waals surface area contributed by atoms with Gasteiger partial charge in [0.25, 0.3) is 0 Å². The lowest BCUT2D eigenvalue weighted by atomic mass is 10.2. The number of unbranched alkanes of at least 4 members (excludes halogenated alkanes) is 1. The van der Waals surface area contributed by atoms with Crippen LogP contribution in [0, 0.1) is 12.3 Å². The summed E-state index contributed by atoms with van der Waals surface area (Å²) in [6.07, 6.45) is 10.0. The zero-order valence-electron chi connectivity index (χ0n) is 6.68. The van der Waals surface area contributed by atoms with Gasteiger partial charge >= 0.3 is 0 Å². The van der Waals surface area contributed by atoms with Gasteiger partial charge < -0.3 is 4.74 Å². The Balaban J connectivity index is 3.63. The van der Waals surface area contributed by atoms with Gasteiger partial charge in [0.05, 0.1) is 7.11 Å². The second-order valence-corrected chi connectivity index (χ2v) is 2.08. The molecule has 0 spiro atoms. The Morgan fingerprint density at radius 3 is 2.80 bits per heavy atom. The number of hydrogen-bond donors (Lipinski definition) is 0. The fourth-order valence-electron chi connectivity index (χ4n) is 0.677. The first-order valence-corrected chi connectivity index (χ1v) is 3.54. The van der Waals surface area contributed by atoms with Crippen molar-refractivity contribution in [1.29, 1.82) is 0 Å². The number of methoxy groups -OCH3 is 1. The summed E-state index contributed by atoms with van der Waals surface area (Å²) in [6.45, 7) is 2.14. The zero-order valence-corrected chi connectivity index (χ0v) is 6.68. The Morgan fingerprint density at radius 2 is 2.40 bits per heavy atom. The lowest BCUT2D eigenvalue weighted by molar-refractivity contribution is 0.275. The van der Waals surface area contributed by atoms with Crippen LogP contribution in [0.2, 0.25) is 0 Å². The molecule has 0 saturated carbocycles. The summed E-state index contributed by atoms with van der Waals surface area (Å²) >= 11 is 0. The molecule has 0 aliphatic carbocycles. The molecule has 1 heteroatoms. The molecule has 0 fully saturated rings. The van der Waals surface area contributed by atoms with Crippen molar-refractivity contribution in [2.45, 2.75) is 26.2 Å². The van der Waals surface area contributed by atoms with Crippen LogP contribution in [-0.2, 0) is 4.74 Å². The van der Waals surface area contributed by atoms with E-state index in [1.165, 1.54) is 6.42 Å². The lowest BCUT2D eigenvalue weighted by Gasteiger charge is -2.01. The van der Waals surface area contributed by atoms with Crippen LogP contribution in [0.5, 0.6) is 0 Å². The van der Waals surface area contributed by atoms with E-state index in [9.17, 15) is 0 Å². The van der Waals surface area contributed by atoms with E-state index in [1.807, 2.05) is 0 Å². The summed E-state index contributed by atoms with van der Waals surface area (Å²) in [5.74, 6) is 3.35. The molecule has 0 aromatic rings. The van der Waals surface area contributed by atoms with Gasteiger partial charge in [-0.1, -0.05) is 19.3 Å². The van der Waals surface area contributed by atoms with Crippen molar-refractivity contribution in [1.82, 2.24) is 0 Å². The number of rotatable bonds is 4. The predicted molar refractivity (Wildman–Crippen MR) is 43.5 cm³/mol. The van der Waals surface area contributed by atoms with Gasteiger partial charge in [-0.3, -0.25) is 0 Å². The molecule has 0 aliphatic heterocycles. The summed E-state index contributed by atoms with van der Waals surface area (Å²) in [6, 6.07) is 0. The van der Waals surface area contributed by atoms with Gasteiger partial charge in [0.15, 0.2) is 0 Å². The summed E-state index contributed by atoms with van der Waals surface area (Å²) in [7, 11) is 1.65. The van der Waals surface area contributed by atoms with E-state index in [4.69, 9.17) is 11.2 Å². The highest BCUT2D eigenvalue weighted by atomic mass is 16.5. The minimum atomic E-state index is 0.907. The molecule has 0 heterocycles. The van der Waals surface area contributed by atoms with E-state index in [1.54, 1.807) is 13.2 Å². The van der Waals surface area contributed by atoms with Crippen molar-refractivity contribution < 1.29 is 4.74 Å². The summed E-state index contributed by atoms with van der Waals surface area (Å²) in [4.78, 5) is 0. The number of hydrogen-bond acceptors (Lipinski definition) is 1. The average Bonchev–Trinajstić information content (AvgIpc) is 1.98. The van der Waals surface area contributed by atoms with Crippen LogP contribution in [0.1, 0.15) is 26.2 Å². The smallest absolute Gasteiger partial charge is 0.104 e. The second kappa shape index (κ2) is 6.22. The molecule has 56 valence electrons. The molecule has 0 radical (unpaired) electrons. The second-order valence-electron chi connectivity index (χ2n) is 2.08. The first-order valence-electron chi connectivity index (χ1n) is 3.54. The Hall–Kier alpha value is -0.900. The van der Waals surface area contributed by atoms with E-state index < -0.39 is 0 Å². The fourth-order valence-corrected chi connectivity index (χ4v) is 0.677. The maximum absolute atomic E-state index is 5.07. The summed E-state index contributed by atoms with van der Waals surface area (Å²) in [5.41, 5.74) is 0. The molecule has 0 bridgehead atoms. The average molecular weight is 138 g/mol. The first-order chi connectivity index (χ1) is 4.85. The third-order valence-electron chi connectivity index (χ3n) is 1.28. The minimum absolute atomic E-state index is 0.907. The number of ether oxygens (including phenoxy) is 1. The van der Waals surface area contributed by atoms with Crippen molar-refractivity contribution in [2.75, 3.05) is 7.11 Å². The van der Waals surface area contributed by atoms with Crippen LogP contribution in [0.25, 0.3) is 0 Å². The van der Waals surface area contributed by atoms with E-state index in [-0.39, 0.29) is 0 Å². The Morgan fingerprint density at radius 1 is 1.70 bits per heavy atom. The largest absolute Gasteiger partial charge is 0.500 e. The third-order valence-corrected chi connectivity index (χ3v) is 1.28. The maximum Gasteiger partial charge on any atom is 0.104 e. The van der Waals surface area contributed by atoms with E-state index in [0.717, 1.165) is 18.6 Å². The first kappa shape index (κ1) is 9.10. The van der Waals surface area contributed by atoms with Crippen molar-refractivity contribution in [3.63, 3.8) is 0 Å². The Bertz CT molecular complexity index is 139. The monoisotopic (exact) mass is 138 g/mol. The van der Waals surface area contributed by atoms with E-state index in [2.05, 4.69) is 12.8 Å². The standard InChI is InChI=1S/C9H14O/c1-4-6-8-9(10-3)7-5-2/h2,7H,4,6,8H2,1,3H3/b9-7+. The predicted octanol–water partition coefficient (Wildman–Crippen LogP) is 2.34. The van der Waals surface area contributed by atoms with Crippen LogP contribution in [0.3, 0.4) is 0 Å². The highest BCUT2D eigenvalue weighted by Crippen LogP contribution is 2.06. The highest BCUT2D eigenvalue weighted by Gasteiger charge is 1.91. The third kappa shape index (κ3) is 4.03. The van der Waals surface area contributed by atoms with Crippen LogP contribution < -0.4 is 0 Å². The normalized spacial score (nSPS) is 10.7. The molecule has 1 nitrogen and oxygen atoms in total. The lowest BCUT2D eigenvalue weighted by Crippen LogP contribution is -1.85. The van der Waals surface area contributed by atoms with Crippen LogP contribution in [0.15, 0.2) is 11.8 Å². The van der Waals surface area contributed by atoms with Gasteiger partial charge in [0, 0.05) is 12.5 Å². The van der Waals surface area contributed by atoms with Gasteiger partial charge in [-0.05, 0) is 6.42 Å². The molecule has 0 aliphatic rings. The number of terminal acetylenes is 1. The fraction of sp³-hybridized carbons (Fsp3) is 0.556. The molecule has 0 N–H and O–H groups in total. The van der Waals surface area contributed by atoms with Crippen LogP contribution in [0.4, 0.5) is 0 Å². The topological polar surface area (TPSA) is 9.23 Å². The van der Waals surface area contributed by atoms with Gasteiger partial charge in [0.2, 0.25) is 0 Å². The molecular weight excluding hydrogens is 124 g/mol. The number of allylic oxidation sites excluding steroid dienone is 2. The minimum Gasteiger partial charge on any atom is -0.500 e. The molecule has 0 aromatic heterocycles. The quantitative estimate of drug-likeness (QED) is 0.428. The molecule has 0 atom stereocenters. The highest BCUT2D eigenvalue weighted by molar-refractivity contribution is 5.13.